The second-order valence-electron chi connectivity index (χ2n) is 5.37. The quantitative estimate of drug-likeness (QED) is 0.779. The van der Waals surface area contributed by atoms with Crippen molar-refractivity contribution < 1.29 is 18.4 Å². The van der Waals surface area contributed by atoms with Crippen molar-refractivity contribution in [2.75, 3.05) is 0 Å². The number of aliphatic hydroxyl groups is 1. The summed E-state index contributed by atoms with van der Waals surface area (Å²) in [4.78, 5) is 0. The first-order valence-corrected chi connectivity index (χ1v) is 7.15. The molecular weight excluding hydrogens is 300 g/mol. The van der Waals surface area contributed by atoms with E-state index < -0.39 is 18.2 Å². The first kappa shape index (κ1) is 15.4. The van der Waals surface area contributed by atoms with Gasteiger partial charge in [-0.1, -0.05) is 29.4 Å². The fourth-order valence-corrected chi connectivity index (χ4v) is 2.72. The van der Waals surface area contributed by atoms with E-state index in [1.165, 1.54) is 12.1 Å². The molecule has 2 aromatic carbocycles. The number of hydrogen-bond donors (Lipinski definition) is 1. The van der Waals surface area contributed by atoms with E-state index in [-0.39, 0.29) is 11.3 Å². The smallest absolute Gasteiger partial charge is 0.173 e. The van der Waals surface area contributed by atoms with Gasteiger partial charge in [0.15, 0.2) is 17.4 Å². The van der Waals surface area contributed by atoms with E-state index in [1.54, 1.807) is 0 Å². The van der Waals surface area contributed by atoms with Gasteiger partial charge in [-0.2, -0.15) is 0 Å². The molecule has 0 aliphatic heterocycles. The van der Waals surface area contributed by atoms with Crippen LogP contribution in [0.3, 0.4) is 0 Å². The van der Waals surface area contributed by atoms with Crippen LogP contribution in [0.1, 0.15) is 16.7 Å². The summed E-state index contributed by atoms with van der Waals surface area (Å²) in [5.41, 5.74) is 3.11. The Morgan fingerprint density at radius 1 is 1.04 bits per heavy atom. The number of halogens is 2. The molecule has 118 valence electrons. The summed E-state index contributed by atoms with van der Waals surface area (Å²) in [5, 5.41) is 13.6. The molecule has 3 nitrogen and oxygen atoms in total. The van der Waals surface area contributed by atoms with Crippen molar-refractivity contribution in [1.82, 2.24) is 5.16 Å². The van der Waals surface area contributed by atoms with Gasteiger partial charge in [0.2, 0.25) is 0 Å². The zero-order valence-electron chi connectivity index (χ0n) is 12.7. The second-order valence-corrected chi connectivity index (χ2v) is 5.37. The molecular formula is C18H15F2NO2. The summed E-state index contributed by atoms with van der Waals surface area (Å²) in [6.07, 6.45) is 0. The maximum absolute atomic E-state index is 14.0. The summed E-state index contributed by atoms with van der Waals surface area (Å²) < 4.78 is 32.9. The maximum atomic E-state index is 14.0. The molecule has 0 aliphatic rings. The molecule has 0 radical (unpaired) electrons. The van der Waals surface area contributed by atoms with Crippen molar-refractivity contribution in [3.05, 3.63) is 64.7 Å². The number of aromatic nitrogens is 1. The van der Waals surface area contributed by atoms with Gasteiger partial charge < -0.3 is 9.63 Å². The van der Waals surface area contributed by atoms with E-state index in [9.17, 15) is 13.9 Å². The highest BCUT2D eigenvalue weighted by atomic mass is 19.2. The van der Waals surface area contributed by atoms with Gasteiger partial charge >= 0.3 is 0 Å². The second kappa shape index (κ2) is 5.93. The van der Waals surface area contributed by atoms with Crippen molar-refractivity contribution in [3.8, 4) is 22.6 Å². The molecule has 0 fully saturated rings. The molecule has 23 heavy (non-hydrogen) atoms. The normalized spacial score (nSPS) is 11.0. The van der Waals surface area contributed by atoms with Gasteiger partial charge in [-0.05, 0) is 37.1 Å². The summed E-state index contributed by atoms with van der Waals surface area (Å²) in [7, 11) is 0. The van der Waals surface area contributed by atoms with Gasteiger partial charge in [-0.25, -0.2) is 8.78 Å². The summed E-state index contributed by atoms with van der Waals surface area (Å²) >= 11 is 0. The van der Waals surface area contributed by atoms with Gasteiger partial charge in [0.25, 0.3) is 0 Å². The Morgan fingerprint density at radius 2 is 1.70 bits per heavy atom. The Labute approximate surface area is 132 Å². The predicted molar refractivity (Wildman–Crippen MR) is 82.7 cm³/mol. The van der Waals surface area contributed by atoms with Gasteiger partial charge in [-0.3, -0.25) is 0 Å². The fraction of sp³-hybridized carbons (Fsp3) is 0.167. The average molecular weight is 315 g/mol. The largest absolute Gasteiger partial charge is 0.391 e. The topological polar surface area (TPSA) is 46.3 Å². The van der Waals surface area contributed by atoms with E-state index in [2.05, 4.69) is 5.16 Å². The zero-order chi connectivity index (χ0) is 16.6. The van der Waals surface area contributed by atoms with Crippen molar-refractivity contribution in [2.45, 2.75) is 20.5 Å². The first-order valence-electron chi connectivity index (χ1n) is 7.15. The number of benzene rings is 2. The van der Waals surface area contributed by atoms with Crippen LogP contribution in [0.2, 0.25) is 0 Å². The fourth-order valence-electron chi connectivity index (χ4n) is 2.72. The summed E-state index contributed by atoms with van der Waals surface area (Å²) in [6.45, 7) is 3.43. The Balaban J connectivity index is 2.24. The molecule has 5 heteroatoms. The minimum atomic E-state index is -1.01. The molecule has 0 spiro atoms. The summed E-state index contributed by atoms with van der Waals surface area (Å²) in [5.74, 6) is -1.60. The minimum absolute atomic E-state index is 0.0321. The lowest BCUT2D eigenvalue weighted by Gasteiger charge is -2.08. The van der Waals surface area contributed by atoms with Crippen LogP contribution in [-0.2, 0) is 6.61 Å². The van der Waals surface area contributed by atoms with Crippen molar-refractivity contribution in [3.63, 3.8) is 0 Å². The van der Waals surface area contributed by atoms with Crippen molar-refractivity contribution in [1.29, 1.82) is 0 Å². The van der Waals surface area contributed by atoms with Crippen LogP contribution < -0.4 is 0 Å². The molecule has 0 atom stereocenters. The summed E-state index contributed by atoms with van der Waals surface area (Å²) in [6, 6.07) is 9.56. The third-order valence-corrected chi connectivity index (χ3v) is 3.86. The third kappa shape index (κ3) is 2.53. The van der Waals surface area contributed by atoms with Crippen LogP contribution in [0.4, 0.5) is 8.78 Å². The lowest BCUT2D eigenvalue weighted by Crippen LogP contribution is -1.95. The predicted octanol–water partition coefficient (Wildman–Crippen LogP) is 4.40. The van der Waals surface area contributed by atoms with E-state index in [0.29, 0.717) is 11.3 Å². The number of aryl methyl sites for hydroxylation is 2. The number of aliphatic hydroxyl groups excluding tert-OH is 1. The number of rotatable bonds is 3. The Hall–Kier alpha value is -2.53. The number of nitrogens with zero attached hydrogens (tertiary/aromatic N) is 1. The highest BCUT2D eigenvalue weighted by Gasteiger charge is 2.23. The Kier molecular flexibility index (Phi) is 3.96. The molecule has 1 N–H and O–H groups in total. The molecule has 3 rings (SSSR count). The van der Waals surface area contributed by atoms with Crippen LogP contribution >= 0.6 is 0 Å². The lowest BCUT2D eigenvalue weighted by molar-refractivity contribution is 0.281. The molecule has 0 amide bonds. The molecule has 0 aliphatic carbocycles. The van der Waals surface area contributed by atoms with Gasteiger partial charge in [0, 0.05) is 11.1 Å². The maximum Gasteiger partial charge on any atom is 0.173 e. The number of hydrogen-bond acceptors (Lipinski definition) is 3. The van der Waals surface area contributed by atoms with Crippen LogP contribution in [0.25, 0.3) is 22.6 Å². The Bertz CT molecular complexity index is 851. The highest BCUT2D eigenvalue weighted by Crippen LogP contribution is 2.36. The molecule has 0 saturated heterocycles. The molecule has 0 bridgehead atoms. The van der Waals surface area contributed by atoms with Crippen LogP contribution in [-0.4, -0.2) is 10.3 Å². The SMILES string of the molecule is Cc1cccc(C)c1-c1onc(-c2cccc(F)c2F)c1CO. The standard InChI is InChI=1S/C18H15F2NO2/c1-10-5-3-6-11(2)15(10)18-13(9-22)17(21-23-18)12-7-4-8-14(19)16(12)20/h3-8,22H,9H2,1-2H3. The van der Waals surface area contributed by atoms with Crippen LogP contribution in [0.5, 0.6) is 0 Å². The third-order valence-electron chi connectivity index (χ3n) is 3.86. The minimum Gasteiger partial charge on any atom is -0.391 e. The zero-order valence-corrected chi connectivity index (χ0v) is 12.7. The van der Waals surface area contributed by atoms with Gasteiger partial charge in [0.1, 0.15) is 5.69 Å². The average Bonchev–Trinajstić information content (AvgIpc) is 2.93. The highest BCUT2D eigenvalue weighted by molar-refractivity contribution is 5.76. The van der Waals surface area contributed by atoms with E-state index in [0.717, 1.165) is 22.8 Å². The van der Waals surface area contributed by atoms with E-state index in [4.69, 9.17) is 4.52 Å². The molecule has 0 unspecified atom stereocenters. The van der Waals surface area contributed by atoms with E-state index >= 15 is 0 Å². The first-order chi connectivity index (χ1) is 11.0. The monoisotopic (exact) mass is 315 g/mol. The molecule has 1 heterocycles. The van der Waals surface area contributed by atoms with Gasteiger partial charge in [-0.15, -0.1) is 0 Å². The molecule has 3 aromatic rings. The Morgan fingerprint density at radius 3 is 2.35 bits per heavy atom. The van der Waals surface area contributed by atoms with Crippen molar-refractivity contribution >= 4 is 0 Å². The van der Waals surface area contributed by atoms with Gasteiger partial charge in [0.05, 0.1) is 12.2 Å². The van der Waals surface area contributed by atoms with Crippen LogP contribution in [0.15, 0.2) is 40.9 Å². The van der Waals surface area contributed by atoms with Crippen LogP contribution in [0, 0.1) is 25.5 Å². The van der Waals surface area contributed by atoms with E-state index in [1.807, 2.05) is 32.0 Å². The van der Waals surface area contributed by atoms with Crippen molar-refractivity contribution in [2.24, 2.45) is 0 Å². The molecule has 0 saturated carbocycles. The molecule has 1 aromatic heterocycles. The lowest BCUT2D eigenvalue weighted by atomic mass is 9.96.